The molecule has 3 rings (SSSR count). The molecule has 28 heavy (non-hydrogen) atoms. The monoisotopic (exact) mass is 448 g/mol. The van der Waals surface area contributed by atoms with Crippen molar-refractivity contribution >= 4 is 33.4 Å². The Morgan fingerprint density at radius 2 is 1.82 bits per heavy atom. The summed E-state index contributed by atoms with van der Waals surface area (Å²) in [5.41, 5.74) is 1.14. The molecule has 2 aromatic rings. The minimum Gasteiger partial charge on any atom is -0.493 e. The maximum Gasteiger partial charge on any atom is 0.326 e. The zero-order valence-corrected chi connectivity index (χ0v) is 16.8. The van der Waals surface area contributed by atoms with Crippen LogP contribution in [-0.4, -0.2) is 30.9 Å². The van der Waals surface area contributed by atoms with Gasteiger partial charge in [0.1, 0.15) is 5.82 Å². The van der Waals surface area contributed by atoms with Crippen LogP contribution in [0.2, 0.25) is 0 Å². The fourth-order valence-electron chi connectivity index (χ4n) is 2.93. The molecule has 1 N–H and O–H groups in total. The lowest BCUT2D eigenvalue weighted by Crippen LogP contribution is -2.37. The van der Waals surface area contributed by atoms with Crippen molar-refractivity contribution in [1.82, 2.24) is 4.90 Å². The summed E-state index contributed by atoms with van der Waals surface area (Å²) in [5, 5.41) is 2.80. The van der Waals surface area contributed by atoms with E-state index in [1.165, 1.54) is 43.5 Å². The molecule has 0 spiro atoms. The highest BCUT2D eigenvalue weighted by Gasteiger charge is 2.29. The molecule has 8 heteroatoms. The van der Waals surface area contributed by atoms with Crippen LogP contribution in [0.25, 0.3) is 0 Å². The molecule has 1 heterocycles. The average molecular weight is 449 g/mol. The van der Waals surface area contributed by atoms with Crippen molar-refractivity contribution < 1.29 is 23.5 Å². The first kappa shape index (κ1) is 19.9. The number of ketones is 1. The molecule has 0 radical (unpaired) electrons. The van der Waals surface area contributed by atoms with Gasteiger partial charge in [0.05, 0.1) is 25.9 Å². The highest BCUT2D eigenvalue weighted by Crippen LogP contribution is 2.37. The number of benzene rings is 2. The Hall–Kier alpha value is -2.87. The molecule has 0 fully saturated rings. The summed E-state index contributed by atoms with van der Waals surface area (Å²) in [6, 6.07) is 8.09. The summed E-state index contributed by atoms with van der Waals surface area (Å²) < 4.78 is 24.4. The molecule has 6 nitrogen and oxygen atoms in total. The maximum absolute atomic E-state index is 13.3. The van der Waals surface area contributed by atoms with E-state index in [2.05, 4.69) is 21.2 Å². The molecule has 1 aliphatic rings. The Morgan fingerprint density at radius 1 is 1.18 bits per heavy atom. The number of allylic oxidation sites excluding steroid dienone is 1. The van der Waals surface area contributed by atoms with E-state index < -0.39 is 12.1 Å². The van der Waals surface area contributed by atoms with Crippen LogP contribution in [0, 0.1) is 5.82 Å². The zero-order chi connectivity index (χ0) is 20.3. The number of nitrogens with zero attached hydrogens (tertiary/aromatic N) is 1. The van der Waals surface area contributed by atoms with Crippen LogP contribution in [0.15, 0.2) is 53.1 Å². The smallest absolute Gasteiger partial charge is 0.326 e. The predicted molar refractivity (Wildman–Crippen MR) is 106 cm³/mol. The van der Waals surface area contributed by atoms with Crippen LogP contribution in [0.4, 0.5) is 14.9 Å². The lowest BCUT2D eigenvalue weighted by Gasteiger charge is -2.31. The Morgan fingerprint density at radius 3 is 2.46 bits per heavy atom. The number of anilines is 1. The topological polar surface area (TPSA) is 67.9 Å². The van der Waals surface area contributed by atoms with Crippen LogP contribution < -0.4 is 14.8 Å². The van der Waals surface area contributed by atoms with Crippen molar-refractivity contribution in [3.8, 4) is 11.5 Å². The van der Waals surface area contributed by atoms with E-state index in [9.17, 15) is 14.0 Å². The largest absolute Gasteiger partial charge is 0.493 e. The van der Waals surface area contributed by atoms with E-state index in [1.807, 2.05) is 0 Å². The van der Waals surface area contributed by atoms with Gasteiger partial charge in [-0.05, 0) is 39.7 Å². The van der Waals surface area contributed by atoms with Crippen LogP contribution in [0.1, 0.15) is 18.0 Å². The number of rotatable bonds is 4. The minimum absolute atomic E-state index is 0.106. The zero-order valence-electron chi connectivity index (χ0n) is 15.2. The molecular weight excluding hydrogens is 431 g/mol. The number of amides is 2. The summed E-state index contributed by atoms with van der Waals surface area (Å²) in [4.78, 5) is 26.2. The summed E-state index contributed by atoms with van der Waals surface area (Å²) in [7, 11) is 3.02. The Balaban J connectivity index is 1.88. The molecule has 0 aromatic heterocycles. The predicted octanol–water partition coefficient (Wildman–Crippen LogP) is 4.67. The first-order chi connectivity index (χ1) is 13.4. The van der Waals surface area contributed by atoms with Crippen molar-refractivity contribution in [2.45, 2.75) is 12.5 Å². The van der Waals surface area contributed by atoms with Gasteiger partial charge in [0.25, 0.3) is 0 Å². The summed E-state index contributed by atoms with van der Waals surface area (Å²) in [6.45, 7) is 0. The quantitative estimate of drug-likeness (QED) is 0.737. The van der Waals surface area contributed by atoms with E-state index in [1.54, 1.807) is 24.3 Å². The lowest BCUT2D eigenvalue weighted by atomic mass is 9.97. The highest BCUT2D eigenvalue weighted by molar-refractivity contribution is 9.10. The lowest BCUT2D eigenvalue weighted by molar-refractivity contribution is -0.116. The number of nitrogens with one attached hydrogen (secondary N) is 1. The molecule has 1 atom stereocenters. The van der Waals surface area contributed by atoms with Gasteiger partial charge in [0.2, 0.25) is 0 Å². The highest BCUT2D eigenvalue weighted by atomic mass is 79.9. The minimum atomic E-state index is -0.531. The Bertz CT molecular complexity index is 931. The molecule has 146 valence electrons. The Kier molecular flexibility index (Phi) is 5.99. The number of urea groups is 1. The molecular formula is C20H18BrFN2O4. The van der Waals surface area contributed by atoms with Gasteiger partial charge in [-0.2, -0.15) is 0 Å². The second-order valence-electron chi connectivity index (χ2n) is 6.08. The number of carbonyl (C=O) groups excluding carboxylic acids is 2. The van der Waals surface area contributed by atoms with E-state index in [-0.39, 0.29) is 18.0 Å². The SMILES string of the molecule is COc1cc(Br)c(NC(=O)N2C=CC(=O)CC2c2ccc(F)cc2)cc1OC. The fourth-order valence-corrected chi connectivity index (χ4v) is 3.35. The van der Waals surface area contributed by atoms with Gasteiger partial charge >= 0.3 is 6.03 Å². The third-order valence-corrected chi connectivity index (χ3v) is 5.01. The van der Waals surface area contributed by atoms with Crippen molar-refractivity contribution in [2.75, 3.05) is 19.5 Å². The van der Waals surface area contributed by atoms with Gasteiger partial charge in [-0.15, -0.1) is 0 Å². The second-order valence-corrected chi connectivity index (χ2v) is 6.93. The number of ether oxygens (including phenoxy) is 2. The second kappa shape index (κ2) is 8.43. The van der Waals surface area contributed by atoms with Crippen molar-refractivity contribution in [1.29, 1.82) is 0 Å². The van der Waals surface area contributed by atoms with E-state index in [0.717, 1.165) is 0 Å². The standard InChI is InChI=1S/C20H18BrFN2O4/c1-27-18-10-15(21)16(11-19(18)28-2)23-20(26)24-8-7-14(25)9-17(24)12-3-5-13(22)6-4-12/h3-8,10-11,17H,9H2,1-2H3,(H,23,26). The van der Waals surface area contributed by atoms with Gasteiger partial charge in [-0.1, -0.05) is 12.1 Å². The van der Waals surface area contributed by atoms with E-state index in [0.29, 0.717) is 27.2 Å². The molecule has 2 aromatic carbocycles. The van der Waals surface area contributed by atoms with E-state index in [4.69, 9.17) is 9.47 Å². The first-order valence-electron chi connectivity index (χ1n) is 8.40. The number of methoxy groups -OCH3 is 2. The van der Waals surface area contributed by atoms with Gasteiger partial charge in [0.15, 0.2) is 17.3 Å². The van der Waals surface area contributed by atoms with Gasteiger partial charge in [-0.25, -0.2) is 9.18 Å². The summed E-state index contributed by atoms with van der Waals surface area (Å²) >= 11 is 3.40. The molecule has 0 saturated heterocycles. The van der Waals surface area contributed by atoms with Gasteiger partial charge in [0, 0.05) is 29.2 Å². The molecule has 0 bridgehead atoms. The van der Waals surface area contributed by atoms with Crippen LogP contribution in [0.5, 0.6) is 11.5 Å². The van der Waals surface area contributed by atoms with Crippen molar-refractivity contribution in [3.63, 3.8) is 0 Å². The Labute approximate surface area is 170 Å². The third-order valence-electron chi connectivity index (χ3n) is 4.36. The maximum atomic E-state index is 13.3. The third kappa shape index (κ3) is 4.17. The first-order valence-corrected chi connectivity index (χ1v) is 9.19. The fraction of sp³-hybridized carbons (Fsp3) is 0.200. The van der Waals surface area contributed by atoms with Crippen LogP contribution >= 0.6 is 15.9 Å². The molecule has 0 aliphatic carbocycles. The van der Waals surface area contributed by atoms with Crippen LogP contribution in [-0.2, 0) is 4.79 Å². The van der Waals surface area contributed by atoms with Crippen molar-refractivity contribution in [2.24, 2.45) is 0 Å². The van der Waals surface area contributed by atoms with Crippen LogP contribution in [0.3, 0.4) is 0 Å². The molecule has 2 amide bonds. The van der Waals surface area contributed by atoms with Crippen molar-refractivity contribution in [3.05, 3.63) is 64.5 Å². The molecule has 1 unspecified atom stereocenters. The molecule has 1 aliphatic heterocycles. The average Bonchev–Trinajstić information content (AvgIpc) is 2.69. The number of halogens is 2. The number of hydrogen-bond donors (Lipinski definition) is 1. The van der Waals surface area contributed by atoms with Gasteiger partial charge < -0.3 is 14.8 Å². The number of carbonyl (C=O) groups is 2. The van der Waals surface area contributed by atoms with E-state index >= 15 is 0 Å². The molecule has 0 saturated carbocycles. The summed E-state index contributed by atoms with van der Waals surface area (Å²) in [6.07, 6.45) is 2.90. The normalized spacial score (nSPS) is 16.1. The number of hydrogen-bond acceptors (Lipinski definition) is 4. The van der Waals surface area contributed by atoms with Gasteiger partial charge in [-0.3, -0.25) is 9.69 Å². The summed E-state index contributed by atoms with van der Waals surface area (Å²) in [5.74, 6) is 0.484.